The van der Waals surface area contributed by atoms with Gasteiger partial charge in [0.2, 0.25) is 0 Å². The summed E-state index contributed by atoms with van der Waals surface area (Å²) in [6.07, 6.45) is 1.33. The number of hydrogen-bond donors (Lipinski definition) is 1. The van der Waals surface area contributed by atoms with E-state index in [1.54, 1.807) is 6.07 Å². The van der Waals surface area contributed by atoms with Crippen molar-refractivity contribution < 1.29 is 13.2 Å². The Balaban J connectivity index is 2.02. The van der Waals surface area contributed by atoms with Crippen LogP contribution in [0.4, 0.5) is 0 Å². The fraction of sp³-hybridized carbons (Fsp3) is 0.462. The number of rotatable bonds is 3. The van der Waals surface area contributed by atoms with Gasteiger partial charge in [-0.05, 0) is 53.4 Å². The number of hydrogen-bond acceptors (Lipinski definition) is 3. The lowest BCUT2D eigenvalue weighted by Gasteiger charge is -2.11. The van der Waals surface area contributed by atoms with Gasteiger partial charge in [-0.3, -0.25) is 4.79 Å². The molecule has 1 aliphatic rings. The lowest BCUT2D eigenvalue weighted by atomic mass is 10.1. The second-order valence-electron chi connectivity index (χ2n) is 4.82. The summed E-state index contributed by atoms with van der Waals surface area (Å²) in [5, 5.41) is 2.28. The molecule has 1 saturated heterocycles. The topological polar surface area (TPSA) is 63.2 Å². The van der Waals surface area contributed by atoms with E-state index in [2.05, 4.69) is 21.2 Å². The first-order chi connectivity index (χ1) is 8.90. The van der Waals surface area contributed by atoms with Gasteiger partial charge >= 0.3 is 0 Å². The molecule has 0 saturated carbocycles. The highest BCUT2D eigenvalue weighted by atomic mass is 79.9. The Morgan fingerprint density at radius 1 is 1.47 bits per heavy atom. The zero-order chi connectivity index (χ0) is 14.0. The fourth-order valence-corrected chi connectivity index (χ4v) is 4.63. The van der Waals surface area contributed by atoms with E-state index in [4.69, 9.17) is 0 Å². The molecule has 1 aromatic rings. The summed E-state index contributed by atoms with van der Waals surface area (Å²) >= 11 is 3.34. The molecule has 4 nitrogen and oxygen atoms in total. The lowest BCUT2D eigenvalue weighted by Crippen LogP contribution is -2.34. The molecule has 0 aliphatic carbocycles. The van der Waals surface area contributed by atoms with Gasteiger partial charge in [-0.1, -0.05) is 6.07 Å². The molecule has 1 aliphatic heterocycles. The van der Waals surface area contributed by atoms with Crippen molar-refractivity contribution in [3.05, 3.63) is 33.8 Å². The predicted molar refractivity (Wildman–Crippen MR) is 78.0 cm³/mol. The number of amides is 1. The van der Waals surface area contributed by atoms with E-state index in [0.717, 1.165) is 10.0 Å². The summed E-state index contributed by atoms with van der Waals surface area (Å²) in [5.41, 5.74) is 1.59. The maximum Gasteiger partial charge on any atom is 0.252 e. The monoisotopic (exact) mass is 345 g/mol. The van der Waals surface area contributed by atoms with Gasteiger partial charge in [-0.2, -0.15) is 0 Å². The van der Waals surface area contributed by atoms with Crippen LogP contribution in [0.3, 0.4) is 0 Å². The van der Waals surface area contributed by atoms with E-state index in [-0.39, 0.29) is 18.2 Å². The first-order valence-corrected chi connectivity index (χ1v) is 8.67. The SMILES string of the molecule is Cc1ccc(C(=O)NCC2CCCS2(=O)=O)c(Br)c1. The molecule has 6 heteroatoms. The van der Waals surface area contributed by atoms with Crippen LogP contribution >= 0.6 is 15.9 Å². The molecule has 1 unspecified atom stereocenters. The molecule has 1 amide bonds. The minimum Gasteiger partial charge on any atom is -0.351 e. The zero-order valence-electron chi connectivity index (χ0n) is 10.6. The van der Waals surface area contributed by atoms with Crippen LogP contribution in [0, 0.1) is 6.92 Å². The molecule has 1 fully saturated rings. The Hall–Kier alpha value is -0.880. The third-order valence-corrected chi connectivity index (χ3v) is 6.25. The molecule has 0 radical (unpaired) electrons. The highest BCUT2D eigenvalue weighted by molar-refractivity contribution is 9.10. The first kappa shape index (κ1) is 14.5. The van der Waals surface area contributed by atoms with Gasteiger partial charge < -0.3 is 5.32 Å². The Morgan fingerprint density at radius 3 is 2.79 bits per heavy atom. The van der Waals surface area contributed by atoms with Crippen molar-refractivity contribution in [2.45, 2.75) is 25.0 Å². The number of aryl methyl sites for hydroxylation is 1. The molecular formula is C13H16BrNO3S. The second kappa shape index (κ2) is 5.63. The van der Waals surface area contributed by atoms with Crippen molar-refractivity contribution in [2.75, 3.05) is 12.3 Å². The first-order valence-electron chi connectivity index (χ1n) is 6.16. The van der Waals surface area contributed by atoms with Gasteiger partial charge in [0.05, 0.1) is 16.6 Å². The number of nitrogens with one attached hydrogen (secondary N) is 1. The van der Waals surface area contributed by atoms with E-state index in [1.807, 2.05) is 19.1 Å². The van der Waals surface area contributed by atoms with Crippen molar-refractivity contribution in [1.82, 2.24) is 5.32 Å². The van der Waals surface area contributed by atoms with Crippen LogP contribution in [-0.2, 0) is 9.84 Å². The standard InChI is InChI=1S/C13H16BrNO3S/c1-9-4-5-11(12(14)7-9)13(16)15-8-10-3-2-6-19(10,17)18/h4-5,7,10H,2-3,6,8H2,1H3,(H,15,16). The largest absolute Gasteiger partial charge is 0.351 e. The van der Waals surface area contributed by atoms with Crippen LogP contribution in [0.25, 0.3) is 0 Å². The molecule has 1 atom stereocenters. The minimum atomic E-state index is -3.01. The molecule has 1 N–H and O–H groups in total. The molecule has 0 aromatic heterocycles. The van der Waals surface area contributed by atoms with Crippen molar-refractivity contribution >= 4 is 31.7 Å². The summed E-state index contributed by atoms with van der Waals surface area (Å²) < 4.78 is 24.0. The minimum absolute atomic E-state index is 0.196. The van der Waals surface area contributed by atoms with E-state index < -0.39 is 15.1 Å². The molecular weight excluding hydrogens is 330 g/mol. The van der Waals surface area contributed by atoms with Gasteiger partial charge in [0.1, 0.15) is 0 Å². The average molecular weight is 346 g/mol. The number of benzene rings is 1. The van der Waals surface area contributed by atoms with E-state index >= 15 is 0 Å². The number of sulfone groups is 1. The van der Waals surface area contributed by atoms with Crippen LogP contribution in [-0.4, -0.2) is 31.9 Å². The van der Waals surface area contributed by atoms with Crippen LogP contribution in [0.1, 0.15) is 28.8 Å². The zero-order valence-corrected chi connectivity index (χ0v) is 13.1. The van der Waals surface area contributed by atoms with Crippen molar-refractivity contribution in [2.24, 2.45) is 0 Å². The Labute approximate surface area is 121 Å². The Kier molecular flexibility index (Phi) is 4.30. The van der Waals surface area contributed by atoms with Crippen LogP contribution < -0.4 is 5.32 Å². The third kappa shape index (κ3) is 3.36. The maximum atomic E-state index is 12.0. The summed E-state index contributed by atoms with van der Waals surface area (Å²) in [4.78, 5) is 12.0. The predicted octanol–water partition coefficient (Wildman–Crippen LogP) is 2.06. The number of carbonyl (C=O) groups is 1. The van der Waals surface area contributed by atoms with Crippen LogP contribution in [0.2, 0.25) is 0 Å². The van der Waals surface area contributed by atoms with Crippen molar-refractivity contribution in [3.8, 4) is 0 Å². The lowest BCUT2D eigenvalue weighted by molar-refractivity contribution is 0.0953. The van der Waals surface area contributed by atoms with Crippen molar-refractivity contribution in [3.63, 3.8) is 0 Å². The molecule has 0 bridgehead atoms. The Morgan fingerprint density at radius 2 is 2.21 bits per heavy atom. The van der Waals surface area contributed by atoms with Crippen LogP contribution in [0.15, 0.2) is 22.7 Å². The molecule has 19 heavy (non-hydrogen) atoms. The molecule has 1 aromatic carbocycles. The number of carbonyl (C=O) groups excluding carboxylic acids is 1. The highest BCUT2D eigenvalue weighted by Crippen LogP contribution is 2.20. The van der Waals surface area contributed by atoms with Crippen LogP contribution in [0.5, 0.6) is 0 Å². The quantitative estimate of drug-likeness (QED) is 0.911. The van der Waals surface area contributed by atoms with Gasteiger partial charge in [0.15, 0.2) is 9.84 Å². The fourth-order valence-electron chi connectivity index (χ4n) is 2.19. The van der Waals surface area contributed by atoms with Gasteiger partial charge in [-0.15, -0.1) is 0 Å². The number of halogens is 1. The third-order valence-electron chi connectivity index (χ3n) is 3.32. The van der Waals surface area contributed by atoms with E-state index in [1.165, 1.54) is 0 Å². The Bertz CT molecular complexity index is 598. The maximum absolute atomic E-state index is 12.0. The van der Waals surface area contributed by atoms with E-state index in [9.17, 15) is 13.2 Å². The molecule has 1 heterocycles. The summed E-state index contributed by atoms with van der Waals surface area (Å²) in [6, 6.07) is 5.45. The van der Waals surface area contributed by atoms with Gasteiger partial charge in [0.25, 0.3) is 5.91 Å². The van der Waals surface area contributed by atoms with E-state index in [0.29, 0.717) is 18.4 Å². The normalized spacial score (nSPS) is 21.3. The van der Waals surface area contributed by atoms with Gasteiger partial charge in [-0.25, -0.2) is 8.42 Å². The van der Waals surface area contributed by atoms with Crippen molar-refractivity contribution in [1.29, 1.82) is 0 Å². The highest BCUT2D eigenvalue weighted by Gasteiger charge is 2.31. The average Bonchev–Trinajstić information content (AvgIpc) is 2.65. The second-order valence-corrected chi connectivity index (χ2v) is 8.08. The smallest absolute Gasteiger partial charge is 0.252 e. The molecule has 2 rings (SSSR count). The summed E-state index contributed by atoms with van der Waals surface area (Å²) in [5.74, 6) is -0.00383. The summed E-state index contributed by atoms with van der Waals surface area (Å²) in [7, 11) is -3.01. The molecule has 0 spiro atoms. The molecule has 104 valence electrons. The van der Waals surface area contributed by atoms with Gasteiger partial charge in [0, 0.05) is 11.0 Å². The summed E-state index contributed by atoms with van der Waals surface area (Å²) in [6.45, 7) is 2.14.